The average Bonchev–Trinajstić information content (AvgIpc) is 2.35. The first-order valence-electron chi connectivity index (χ1n) is 6.27. The van der Waals surface area contributed by atoms with Gasteiger partial charge >= 0.3 is 0 Å². The van der Waals surface area contributed by atoms with Crippen LogP contribution in [0.2, 0.25) is 0 Å². The molecule has 90 valence electrons. The number of unbranched alkanes of at least 4 members (excludes halogenated alkanes) is 2. The van der Waals surface area contributed by atoms with E-state index in [0.29, 0.717) is 0 Å². The molecular weight excluding hydrogens is 204 g/mol. The Morgan fingerprint density at radius 2 is 2.00 bits per heavy atom. The minimum Gasteiger partial charge on any atom is -0.305 e. The van der Waals surface area contributed by atoms with E-state index in [1.54, 1.807) is 0 Å². The summed E-state index contributed by atoms with van der Waals surface area (Å²) < 4.78 is 0. The fourth-order valence-electron chi connectivity index (χ4n) is 2.36. The van der Waals surface area contributed by atoms with E-state index in [2.05, 4.69) is 36.4 Å². The monoisotopic (exact) mass is 230 g/mol. The second-order valence-electron chi connectivity index (χ2n) is 4.79. The summed E-state index contributed by atoms with van der Waals surface area (Å²) >= 11 is 4.25. The van der Waals surface area contributed by atoms with E-state index in [-0.39, 0.29) is 0 Å². The van der Waals surface area contributed by atoms with Gasteiger partial charge in [0.2, 0.25) is 0 Å². The fourth-order valence-corrected chi connectivity index (χ4v) is 2.58. The summed E-state index contributed by atoms with van der Waals surface area (Å²) in [5.41, 5.74) is 0. The third-order valence-corrected chi connectivity index (χ3v) is 3.60. The van der Waals surface area contributed by atoms with E-state index in [4.69, 9.17) is 0 Å². The van der Waals surface area contributed by atoms with Crippen molar-refractivity contribution < 1.29 is 0 Å². The second kappa shape index (κ2) is 7.53. The van der Waals surface area contributed by atoms with Crippen molar-refractivity contribution in [2.45, 2.75) is 38.6 Å². The lowest BCUT2D eigenvalue weighted by molar-refractivity contribution is 0.199. The van der Waals surface area contributed by atoms with E-state index in [0.717, 1.165) is 11.8 Å². The molecule has 0 aliphatic carbocycles. The molecule has 2 nitrogen and oxygen atoms in total. The summed E-state index contributed by atoms with van der Waals surface area (Å²) in [7, 11) is 2.24. The molecule has 0 saturated carbocycles. The fraction of sp³-hybridized carbons (Fsp3) is 1.00. The van der Waals surface area contributed by atoms with Crippen LogP contribution in [0.25, 0.3) is 0 Å². The molecule has 1 saturated heterocycles. The highest BCUT2D eigenvalue weighted by atomic mass is 32.1. The van der Waals surface area contributed by atoms with Crippen LogP contribution in [-0.2, 0) is 0 Å². The van der Waals surface area contributed by atoms with Crippen LogP contribution in [0.15, 0.2) is 0 Å². The van der Waals surface area contributed by atoms with Gasteiger partial charge in [0.05, 0.1) is 0 Å². The first-order valence-corrected chi connectivity index (χ1v) is 6.90. The zero-order valence-corrected chi connectivity index (χ0v) is 11.2. The highest BCUT2D eigenvalue weighted by molar-refractivity contribution is 7.80. The molecular formula is C12H26N2S. The summed E-state index contributed by atoms with van der Waals surface area (Å²) in [6.07, 6.45) is 5.27. The lowest BCUT2D eigenvalue weighted by atomic mass is 10.2. The highest BCUT2D eigenvalue weighted by Gasteiger charge is 2.18. The smallest absolute Gasteiger partial charge is 0.0194 e. The zero-order chi connectivity index (χ0) is 11.1. The van der Waals surface area contributed by atoms with Crippen LogP contribution >= 0.6 is 12.6 Å². The molecule has 0 bridgehead atoms. The summed E-state index contributed by atoms with van der Waals surface area (Å²) in [5.74, 6) is 1.04. The summed E-state index contributed by atoms with van der Waals surface area (Å²) in [6, 6.07) is 0.730. The van der Waals surface area contributed by atoms with Gasteiger partial charge in [-0.05, 0) is 58.6 Å². The summed E-state index contributed by atoms with van der Waals surface area (Å²) in [5, 5.41) is 0. The molecule has 1 atom stereocenters. The number of likely N-dealkylation sites (N-methyl/N-ethyl adjacent to an activating group) is 1. The van der Waals surface area contributed by atoms with Crippen LogP contribution in [0.5, 0.6) is 0 Å². The molecule has 1 aliphatic heterocycles. The van der Waals surface area contributed by atoms with Gasteiger partial charge < -0.3 is 4.90 Å². The second-order valence-corrected chi connectivity index (χ2v) is 5.23. The summed E-state index contributed by atoms with van der Waals surface area (Å²) in [4.78, 5) is 5.11. The molecule has 1 unspecified atom stereocenters. The van der Waals surface area contributed by atoms with E-state index in [9.17, 15) is 0 Å². The molecule has 1 heterocycles. The van der Waals surface area contributed by atoms with Crippen molar-refractivity contribution in [3.05, 3.63) is 0 Å². The maximum absolute atomic E-state index is 4.25. The van der Waals surface area contributed by atoms with Crippen LogP contribution in [0.1, 0.15) is 32.6 Å². The van der Waals surface area contributed by atoms with Crippen LogP contribution < -0.4 is 0 Å². The molecule has 3 heteroatoms. The quantitative estimate of drug-likeness (QED) is 0.571. The Balaban J connectivity index is 2.20. The number of nitrogens with zero attached hydrogens (tertiary/aromatic N) is 2. The van der Waals surface area contributed by atoms with Gasteiger partial charge in [-0.2, -0.15) is 12.6 Å². The minimum absolute atomic E-state index is 0.730. The largest absolute Gasteiger partial charge is 0.305 e. The molecule has 1 rings (SSSR count). The van der Waals surface area contributed by atoms with Gasteiger partial charge in [-0.25, -0.2) is 0 Å². The third-order valence-electron chi connectivity index (χ3n) is 3.29. The van der Waals surface area contributed by atoms with Crippen molar-refractivity contribution in [3.8, 4) is 0 Å². The molecule has 1 aliphatic rings. The average molecular weight is 230 g/mol. The Morgan fingerprint density at radius 1 is 1.20 bits per heavy atom. The van der Waals surface area contributed by atoms with Crippen LogP contribution in [0.4, 0.5) is 0 Å². The number of thiol groups is 1. The molecule has 15 heavy (non-hydrogen) atoms. The lowest BCUT2D eigenvalue weighted by Gasteiger charge is -2.27. The first-order chi connectivity index (χ1) is 7.24. The molecule has 1 fully saturated rings. The van der Waals surface area contributed by atoms with Crippen molar-refractivity contribution in [2.75, 3.05) is 39.0 Å². The maximum Gasteiger partial charge on any atom is 0.0194 e. The van der Waals surface area contributed by atoms with E-state index in [1.807, 2.05) is 0 Å². The molecule has 0 amide bonds. The zero-order valence-electron chi connectivity index (χ0n) is 10.3. The Hall–Kier alpha value is 0.270. The van der Waals surface area contributed by atoms with Crippen molar-refractivity contribution in [2.24, 2.45) is 0 Å². The van der Waals surface area contributed by atoms with Crippen LogP contribution in [0, 0.1) is 0 Å². The van der Waals surface area contributed by atoms with Crippen molar-refractivity contribution in [3.63, 3.8) is 0 Å². The first kappa shape index (κ1) is 13.3. The topological polar surface area (TPSA) is 6.48 Å². The van der Waals surface area contributed by atoms with Crippen molar-refractivity contribution in [1.29, 1.82) is 0 Å². The molecule has 0 aromatic rings. The minimum atomic E-state index is 0.730. The number of hydrogen-bond acceptors (Lipinski definition) is 3. The van der Waals surface area contributed by atoms with Crippen LogP contribution in [0.3, 0.4) is 0 Å². The van der Waals surface area contributed by atoms with E-state index >= 15 is 0 Å². The predicted molar refractivity (Wildman–Crippen MR) is 70.9 cm³/mol. The number of hydrogen-bond donors (Lipinski definition) is 1. The third kappa shape index (κ3) is 5.23. The van der Waals surface area contributed by atoms with Crippen LogP contribution in [-0.4, -0.2) is 54.8 Å². The van der Waals surface area contributed by atoms with Gasteiger partial charge in [0.15, 0.2) is 0 Å². The molecule has 0 spiro atoms. The molecule has 0 radical (unpaired) electrons. The standard InChI is InChI=1S/C12H26N2S/c1-12-11-13(2)7-6-9-14(12)8-4-3-5-10-15/h12,15H,3-11H2,1-2H3. The molecule has 0 aromatic carbocycles. The highest BCUT2D eigenvalue weighted by Crippen LogP contribution is 2.10. The Bertz CT molecular complexity index is 164. The van der Waals surface area contributed by atoms with Gasteiger partial charge in [-0.3, -0.25) is 4.90 Å². The predicted octanol–water partition coefficient (Wildman–Crippen LogP) is 2.11. The maximum atomic E-state index is 4.25. The Kier molecular flexibility index (Phi) is 6.69. The van der Waals surface area contributed by atoms with Crippen molar-refractivity contribution in [1.82, 2.24) is 9.80 Å². The van der Waals surface area contributed by atoms with Gasteiger partial charge in [-0.1, -0.05) is 6.42 Å². The normalized spacial score (nSPS) is 25.4. The summed E-state index contributed by atoms with van der Waals surface area (Å²) in [6.45, 7) is 7.42. The van der Waals surface area contributed by atoms with E-state index in [1.165, 1.54) is 51.9 Å². The Morgan fingerprint density at radius 3 is 2.73 bits per heavy atom. The van der Waals surface area contributed by atoms with Gasteiger partial charge in [0, 0.05) is 12.6 Å². The SMILES string of the molecule is CC1CN(C)CCCN1CCCCCS. The molecule has 0 aromatic heterocycles. The molecule has 0 N–H and O–H groups in total. The van der Waals surface area contributed by atoms with E-state index < -0.39 is 0 Å². The van der Waals surface area contributed by atoms with Gasteiger partial charge in [0.25, 0.3) is 0 Å². The lowest BCUT2D eigenvalue weighted by Crippen LogP contribution is -2.38. The number of rotatable bonds is 5. The Labute approximate surface area is 100 Å². The van der Waals surface area contributed by atoms with Gasteiger partial charge in [-0.15, -0.1) is 0 Å². The van der Waals surface area contributed by atoms with Crippen molar-refractivity contribution >= 4 is 12.6 Å². The van der Waals surface area contributed by atoms with Gasteiger partial charge in [0.1, 0.15) is 0 Å².